The number of ether oxygens (including phenoxy) is 1. The van der Waals surface area contributed by atoms with E-state index >= 15 is 0 Å². The van der Waals surface area contributed by atoms with Gasteiger partial charge in [0.1, 0.15) is 0 Å². The number of carboxylic acid groups (broad SMARTS) is 1. The number of carboxylic acids is 1. The molecule has 1 N–H and O–H groups in total. The van der Waals surface area contributed by atoms with Crippen LogP contribution in [0.1, 0.15) is 90.4 Å². The van der Waals surface area contributed by atoms with Gasteiger partial charge >= 0.3 is 5.97 Å². The molecular formula is C22H38O3S. The van der Waals surface area contributed by atoms with Crippen LogP contribution >= 0.6 is 11.8 Å². The minimum absolute atomic E-state index is 0.276. The van der Waals surface area contributed by atoms with E-state index < -0.39 is 5.97 Å². The third-order valence-electron chi connectivity index (χ3n) is 5.75. The first-order valence-corrected chi connectivity index (χ1v) is 11.9. The number of thioether (sulfide) groups is 1. The van der Waals surface area contributed by atoms with Crippen LogP contribution in [-0.4, -0.2) is 34.3 Å². The lowest BCUT2D eigenvalue weighted by Crippen LogP contribution is -2.29. The van der Waals surface area contributed by atoms with E-state index in [9.17, 15) is 4.79 Å². The van der Waals surface area contributed by atoms with Crippen molar-refractivity contribution < 1.29 is 14.6 Å². The fraction of sp³-hybridized carbons (Fsp3) is 0.864. The average molecular weight is 383 g/mol. The highest BCUT2D eigenvalue weighted by Gasteiger charge is 2.48. The predicted octanol–water partition coefficient (Wildman–Crippen LogP) is 6.22. The van der Waals surface area contributed by atoms with Crippen LogP contribution in [0.5, 0.6) is 0 Å². The van der Waals surface area contributed by atoms with Gasteiger partial charge in [0.2, 0.25) is 0 Å². The number of rotatable bonds is 15. The highest BCUT2D eigenvalue weighted by Crippen LogP contribution is 2.46. The number of carbonyl (C=O) groups is 1. The summed E-state index contributed by atoms with van der Waals surface area (Å²) in [6, 6.07) is 0. The minimum Gasteiger partial charge on any atom is -0.481 e. The normalized spacial score (nSPS) is 27.6. The van der Waals surface area contributed by atoms with Crippen LogP contribution in [0, 0.1) is 5.92 Å². The fourth-order valence-electron chi connectivity index (χ4n) is 4.27. The van der Waals surface area contributed by atoms with Crippen molar-refractivity contribution in [3.63, 3.8) is 0 Å². The number of hydrogen-bond acceptors (Lipinski definition) is 3. The second-order valence-corrected chi connectivity index (χ2v) is 9.19. The summed E-state index contributed by atoms with van der Waals surface area (Å²) >= 11 is 2.16. The first-order valence-electron chi connectivity index (χ1n) is 10.9. The van der Waals surface area contributed by atoms with Gasteiger partial charge in [-0.3, -0.25) is 4.79 Å². The average Bonchev–Trinajstić information content (AvgIpc) is 3.22. The Bertz CT molecular complexity index is 424. The van der Waals surface area contributed by atoms with E-state index in [-0.39, 0.29) is 6.42 Å². The SMILES string of the molecule is CCCCCCCCCS[C@H]1[C@@H](C/C=C\CCCC(=O)O)[C@H]2CC[C@@H]1O2. The third kappa shape index (κ3) is 7.64. The number of fused-ring (bicyclic) bond motifs is 2. The molecule has 0 aromatic rings. The minimum atomic E-state index is -0.693. The van der Waals surface area contributed by atoms with Crippen molar-refractivity contribution in [1.29, 1.82) is 0 Å². The Morgan fingerprint density at radius 1 is 1.04 bits per heavy atom. The molecule has 2 heterocycles. The quantitative estimate of drug-likeness (QED) is 0.270. The molecular weight excluding hydrogens is 344 g/mol. The van der Waals surface area contributed by atoms with Crippen molar-refractivity contribution in [2.24, 2.45) is 5.92 Å². The zero-order valence-electron chi connectivity index (χ0n) is 16.5. The Morgan fingerprint density at radius 2 is 1.77 bits per heavy atom. The van der Waals surface area contributed by atoms with Crippen molar-refractivity contribution in [3.05, 3.63) is 12.2 Å². The Labute approximate surface area is 164 Å². The summed E-state index contributed by atoms with van der Waals surface area (Å²) in [7, 11) is 0. The summed E-state index contributed by atoms with van der Waals surface area (Å²) in [5.74, 6) is 1.25. The first-order chi connectivity index (χ1) is 12.7. The fourth-order valence-corrected chi connectivity index (χ4v) is 5.86. The van der Waals surface area contributed by atoms with Gasteiger partial charge in [0, 0.05) is 17.6 Å². The Balaban J connectivity index is 1.60. The molecule has 0 aromatic carbocycles. The van der Waals surface area contributed by atoms with Gasteiger partial charge in [-0.05, 0) is 44.3 Å². The summed E-state index contributed by atoms with van der Waals surface area (Å²) in [6.45, 7) is 2.27. The second-order valence-electron chi connectivity index (χ2n) is 7.90. The summed E-state index contributed by atoms with van der Waals surface area (Å²) in [4.78, 5) is 10.5. The van der Waals surface area contributed by atoms with Crippen molar-refractivity contribution in [2.45, 2.75) is 108 Å². The van der Waals surface area contributed by atoms with Gasteiger partial charge in [0.15, 0.2) is 0 Å². The second kappa shape index (κ2) is 12.8. The van der Waals surface area contributed by atoms with E-state index in [0.29, 0.717) is 23.4 Å². The smallest absolute Gasteiger partial charge is 0.303 e. The molecule has 4 heteroatoms. The first kappa shape index (κ1) is 21.8. The van der Waals surface area contributed by atoms with Crippen LogP contribution in [0.3, 0.4) is 0 Å². The van der Waals surface area contributed by atoms with Crippen molar-refractivity contribution in [2.75, 3.05) is 5.75 Å². The largest absolute Gasteiger partial charge is 0.481 e. The molecule has 0 amide bonds. The van der Waals surface area contributed by atoms with Crippen LogP contribution in [0.4, 0.5) is 0 Å². The molecule has 2 rings (SSSR count). The maximum Gasteiger partial charge on any atom is 0.303 e. The number of unbranched alkanes of at least 4 members (excludes halogenated alkanes) is 7. The maximum absolute atomic E-state index is 10.5. The van der Waals surface area contributed by atoms with Crippen LogP contribution in [-0.2, 0) is 9.53 Å². The van der Waals surface area contributed by atoms with Crippen LogP contribution in [0.25, 0.3) is 0 Å². The third-order valence-corrected chi connectivity index (χ3v) is 7.31. The van der Waals surface area contributed by atoms with E-state index in [0.717, 1.165) is 19.3 Å². The van der Waals surface area contributed by atoms with Gasteiger partial charge < -0.3 is 9.84 Å². The molecule has 2 aliphatic rings. The molecule has 0 unspecified atom stereocenters. The molecule has 0 saturated carbocycles. The van der Waals surface area contributed by atoms with Gasteiger partial charge in [-0.1, -0.05) is 57.6 Å². The molecule has 4 atom stereocenters. The highest BCUT2D eigenvalue weighted by molar-refractivity contribution is 7.99. The Morgan fingerprint density at radius 3 is 2.54 bits per heavy atom. The van der Waals surface area contributed by atoms with E-state index in [1.807, 2.05) is 0 Å². The predicted molar refractivity (Wildman–Crippen MR) is 111 cm³/mol. The molecule has 2 fully saturated rings. The van der Waals surface area contributed by atoms with Gasteiger partial charge in [-0.25, -0.2) is 0 Å². The zero-order valence-corrected chi connectivity index (χ0v) is 17.4. The summed E-state index contributed by atoms with van der Waals surface area (Å²) in [5.41, 5.74) is 0. The van der Waals surface area contributed by atoms with Crippen molar-refractivity contribution >= 4 is 17.7 Å². The lowest BCUT2D eigenvalue weighted by molar-refractivity contribution is -0.137. The van der Waals surface area contributed by atoms with E-state index in [1.54, 1.807) is 0 Å². The Hall–Kier alpha value is -0.480. The monoisotopic (exact) mass is 382 g/mol. The molecule has 150 valence electrons. The van der Waals surface area contributed by atoms with Crippen LogP contribution < -0.4 is 0 Å². The van der Waals surface area contributed by atoms with Crippen molar-refractivity contribution in [3.8, 4) is 0 Å². The topological polar surface area (TPSA) is 46.5 Å². The number of allylic oxidation sites excluding steroid dienone is 2. The maximum atomic E-state index is 10.5. The zero-order chi connectivity index (χ0) is 18.6. The van der Waals surface area contributed by atoms with E-state index in [2.05, 4.69) is 30.8 Å². The summed E-state index contributed by atoms with van der Waals surface area (Å²) in [5, 5.41) is 9.36. The van der Waals surface area contributed by atoms with Crippen LogP contribution in [0.2, 0.25) is 0 Å². The lowest BCUT2D eigenvalue weighted by atomic mass is 9.86. The summed E-state index contributed by atoms with van der Waals surface area (Å²) in [6.07, 6.45) is 20.6. The molecule has 2 bridgehead atoms. The lowest BCUT2D eigenvalue weighted by Gasteiger charge is -2.26. The number of hydrogen-bond donors (Lipinski definition) is 1. The van der Waals surface area contributed by atoms with E-state index in [4.69, 9.17) is 9.84 Å². The molecule has 0 aromatic heterocycles. The van der Waals surface area contributed by atoms with Gasteiger partial charge in [-0.15, -0.1) is 0 Å². The molecule has 26 heavy (non-hydrogen) atoms. The molecule has 3 nitrogen and oxygen atoms in total. The number of aliphatic carboxylic acids is 1. The molecule has 2 saturated heterocycles. The summed E-state index contributed by atoms with van der Waals surface area (Å²) < 4.78 is 6.20. The van der Waals surface area contributed by atoms with E-state index in [1.165, 1.54) is 63.5 Å². The molecule has 2 aliphatic heterocycles. The Kier molecular flexibility index (Phi) is 10.8. The van der Waals surface area contributed by atoms with Gasteiger partial charge in [0.25, 0.3) is 0 Å². The van der Waals surface area contributed by atoms with Crippen molar-refractivity contribution in [1.82, 2.24) is 0 Å². The molecule has 0 spiro atoms. The van der Waals surface area contributed by atoms with Gasteiger partial charge in [-0.2, -0.15) is 11.8 Å². The standard InChI is InChI=1S/C22H38O3S/c1-2-3-4-5-6-9-12-17-26-22-18(19-15-16-20(22)25-19)13-10-7-8-11-14-21(23)24/h7,10,18-20,22H,2-6,8-9,11-17H2,1H3,(H,23,24)/b10-7-/t18-,19+,20-,22-/m0/s1. The molecule has 0 aliphatic carbocycles. The van der Waals surface area contributed by atoms with Crippen LogP contribution in [0.15, 0.2) is 12.2 Å². The highest BCUT2D eigenvalue weighted by atomic mass is 32.2. The van der Waals surface area contributed by atoms with Gasteiger partial charge in [0.05, 0.1) is 12.2 Å². The molecule has 0 radical (unpaired) electrons.